The second-order valence-electron chi connectivity index (χ2n) is 6.28. The van der Waals surface area contributed by atoms with Crippen molar-refractivity contribution in [1.29, 1.82) is 0 Å². The molecule has 0 unspecified atom stereocenters. The number of amides is 4. The summed E-state index contributed by atoms with van der Waals surface area (Å²) in [5.41, 5.74) is 0.495. The standard InChI is InChI=1S/C21H17BrN2O7/c1-3-31-16-10-11(9-15(22)17(16)25)8-14-18(26)23-21(29)24(19(14)27)13-6-4-12(5-7-13)20(28)30-2/h4-10,25H,3H2,1-2H3,(H,23,26,29). The maximum Gasteiger partial charge on any atom is 0.337 e. The van der Waals surface area contributed by atoms with Crippen LogP contribution in [-0.4, -0.2) is 42.6 Å². The van der Waals surface area contributed by atoms with E-state index in [0.29, 0.717) is 16.6 Å². The van der Waals surface area contributed by atoms with Crippen LogP contribution in [0.2, 0.25) is 0 Å². The fourth-order valence-electron chi connectivity index (χ4n) is 2.87. The number of urea groups is 1. The number of methoxy groups -OCH3 is 1. The normalized spacial score (nSPS) is 15.1. The van der Waals surface area contributed by atoms with Gasteiger partial charge < -0.3 is 14.6 Å². The zero-order chi connectivity index (χ0) is 22.7. The first kappa shape index (κ1) is 22.0. The fourth-order valence-corrected chi connectivity index (χ4v) is 3.33. The van der Waals surface area contributed by atoms with Gasteiger partial charge in [0, 0.05) is 0 Å². The summed E-state index contributed by atoms with van der Waals surface area (Å²) in [4.78, 5) is 50.0. The summed E-state index contributed by atoms with van der Waals surface area (Å²) < 4.78 is 10.3. The third-order valence-electron chi connectivity index (χ3n) is 4.31. The number of halogens is 1. The number of nitrogens with one attached hydrogen (secondary N) is 1. The maximum absolute atomic E-state index is 13.0. The van der Waals surface area contributed by atoms with E-state index < -0.39 is 23.8 Å². The largest absolute Gasteiger partial charge is 0.503 e. The number of rotatable bonds is 5. The van der Waals surface area contributed by atoms with Crippen molar-refractivity contribution in [3.8, 4) is 11.5 Å². The predicted octanol–water partition coefficient (Wildman–Crippen LogP) is 3.01. The lowest BCUT2D eigenvalue weighted by Crippen LogP contribution is -2.54. The summed E-state index contributed by atoms with van der Waals surface area (Å²) in [6, 6.07) is 7.61. The zero-order valence-corrected chi connectivity index (χ0v) is 18.1. The van der Waals surface area contributed by atoms with Crippen LogP contribution in [0.15, 0.2) is 46.4 Å². The third kappa shape index (κ3) is 4.43. The molecule has 0 radical (unpaired) electrons. The van der Waals surface area contributed by atoms with E-state index in [1.165, 1.54) is 49.6 Å². The summed E-state index contributed by atoms with van der Waals surface area (Å²) in [5.74, 6) is -2.23. The average molecular weight is 489 g/mol. The number of hydrogen-bond acceptors (Lipinski definition) is 7. The fraction of sp³-hybridized carbons (Fsp3) is 0.143. The van der Waals surface area contributed by atoms with Gasteiger partial charge in [0.1, 0.15) is 5.57 Å². The molecule has 1 heterocycles. The number of carbonyl (C=O) groups excluding carboxylic acids is 4. The van der Waals surface area contributed by atoms with Crippen LogP contribution in [-0.2, 0) is 14.3 Å². The van der Waals surface area contributed by atoms with Crippen molar-refractivity contribution in [3.63, 3.8) is 0 Å². The molecule has 0 saturated carbocycles. The third-order valence-corrected chi connectivity index (χ3v) is 4.91. The average Bonchev–Trinajstić information content (AvgIpc) is 2.74. The van der Waals surface area contributed by atoms with Gasteiger partial charge in [0.15, 0.2) is 11.5 Å². The molecule has 1 aliphatic rings. The van der Waals surface area contributed by atoms with E-state index in [-0.39, 0.29) is 28.3 Å². The van der Waals surface area contributed by atoms with Crippen LogP contribution in [0.25, 0.3) is 6.08 Å². The van der Waals surface area contributed by atoms with Crippen LogP contribution >= 0.6 is 15.9 Å². The van der Waals surface area contributed by atoms with Crippen molar-refractivity contribution in [1.82, 2.24) is 5.32 Å². The first-order valence-electron chi connectivity index (χ1n) is 9.02. The van der Waals surface area contributed by atoms with Gasteiger partial charge in [-0.05, 0) is 70.9 Å². The number of aromatic hydroxyl groups is 1. The summed E-state index contributed by atoms with van der Waals surface area (Å²) in [5, 5.41) is 12.2. The van der Waals surface area contributed by atoms with Crippen LogP contribution in [0.1, 0.15) is 22.8 Å². The molecular weight excluding hydrogens is 472 g/mol. The van der Waals surface area contributed by atoms with E-state index in [1.54, 1.807) is 6.92 Å². The van der Waals surface area contributed by atoms with Crippen molar-refractivity contribution >= 4 is 51.5 Å². The van der Waals surface area contributed by atoms with Crippen LogP contribution in [0.3, 0.4) is 0 Å². The van der Waals surface area contributed by atoms with Crippen LogP contribution in [0.4, 0.5) is 10.5 Å². The highest BCUT2D eigenvalue weighted by atomic mass is 79.9. The first-order chi connectivity index (χ1) is 14.8. The Morgan fingerprint density at radius 1 is 1.19 bits per heavy atom. The zero-order valence-electron chi connectivity index (χ0n) is 16.5. The molecule has 0 spiro atoms. The SMILES string of the molecule is CCOc1cc(C=C2C(=O)NC(=O)N(c3ccc(C(=O)OC)cc3)C2=O)cc(Br)c1O. The smallest absolute Gasteiger partial charge is 0.337 e. The van der Waals surface area contributed by atoms with E-state index in [1.807, 2.05) is 0 Å². The molecule has 2 N–H and O–H groups in total. The van der Waals surface area contributed by atoms with Gasteiger partial charge in [0.25, 0.3) is 11.8 Å². The van der Waals surface area contributed by atoms with Crippen LogP contribution in [0.5, 0.6) is 11.5 Å². The van der Waals surface area contributed by atoms with E-state index in [0.717, 1.165) is 4.90 Å². The molecule has 2 aromatic carbocycles. The molecule has 0 aromatic heterocycles. The van der Waals surface area contributed by atoms with Gasteiger partial charge in [-0.2, -0.15) is 0 Å². The lowest BCUT2D eigenvalue weighted by Gasteiger charge is -2.26. The molecular formula is C21H17BrN2O7. The predicted molar refractivity (Wildman–Crippen MR) is 114 cm³/mol. The van der Waals surface area contributed by atoms with Gasteiger partial charge in [0.2, 0.25) is 0 Å². The highest BCUT2D eigenvalue weighted by Crippen LogP contribution is 2.36. The minimum Gasteiger partial charge on any atom is -0.503 e. The van der Waals surface area contributed by atoms with Gasteiger partial charge >= 0.3 is 12.0 Å². The van der Waals surface area contributed by atoms with Crippen molar-refractivity contribution in [2.45, 2.75) is 6.92 Å². The van der Waals surface area contributed by atoms with Gasteiger partial charge in [-0.15, -0.1) is 0 Å². The van der Waals surface area contributed by atoms with E-state index >= 15 is 0 Å². The molecule has 0 bridgehead atoms. The Bertz CT molecular complexity index is 1110. The Morgan fingerprint density at radius 2 is 1.87 bits per heavy atom. The Balaban J connectivity index is 1.99. The number of anilines is 1. The first-order valence-corrected chi connectivity index (χ1v) is 9.81. The summed E-state index contributed by atoms with van der Waals surface area (Å²) in [6.07, 6.45) is 1.28. The number of ether oxygens (including phenoxy) is 2. The Kier molecular flexibility index (Phi) is 6.40. The molecule has 1 fully saturated rings. The monoisotopic (exact) mass is 488 g/mol. The van der Waals surface area contributed by atoms with Gasteiger partial charge in [-0.3, -0.25) is 14.9 Å². The second kappa shape index (κ2) is 9.00. The molecule has 31 heavy (non-hydrogen) atoms. The van der Waals surface area contributed by atoms with Crippen LogP contribution in [0, 0.1) is 0 Å². The molecule has 1 aliphatic heterocycles. The highest BCUT2D eigenvalue weighted by molar-refractivity contribution is 9.10. The van der Waals surface area contributed by atoms with E-state index in [4.69, 9.17) is 4.74 Å². The number of nitrogens with zero attached hydrogens (tertiary/aromatic N) is 1. The number of esters is 1. The molecule has 9 nitrogen and oxygen atoms in total. The molecule has 160 valence electrons. The minimum atomic E-state index is -0.917. The Hall–Kier alpha value is -3.66. The molecule has 10 heteroatoms. The number of barbiturate groups is 1. The molecule has 0 atom stereocenters. The summed E-state index contributed by atoms with van der Waals surface area (Å²) in [6.45, 7) is 2.04. The van der Waals surface area contributed by atoms with Gasteiger partial charge in [0.05, 0.1) is 29.4 Å². The molecule has 4 amide bonds. The quantitative estimate of drug-likeness (QED) is 0.376. The summed E-state index contributed by atoms with van der Waals surface area (Å²) >= 11 is 3.20. The second-order valence-corrected chi connectivity index (χ2v) is 7.13. The van der Waals surface area contributed by atoms with E-state index in [2.05, 4.69) is 26.0 Å². The number of benzene rings is 2. The van der Waals surface area contributed by atoms with Crippen LogP contribution < -0.4 is 15.0 Å². The van der Waals surface area contributed by atoms with Crippen molar-refractivity contribution in [2.24, 2.45) is 0 Å². The van der Waals surface area contributed by atoms with Gasteiger partial charge in [-0.25, -0.2) is 14.5 Å². The molecule has 2 aromatic rings. The van der Waals surface area contributed by atoms with Crippen molar-refractivity contribution in [3.05, 3.63) is 57.6 Å². The van der Waals surface area contributed by atoms with Gasteiger partial charge in [-0.1, -0.05) is 0 Å². The molecule has 0 aliphatic carbocycles. The summed E-state index contributed by atoms with van der Waals surface area (Å²) in [7, 11) is 1.24. The number of carbonyl (C=O) groups is 4. The number of hydrogen-bond donors (Lipinski definition) is 2. The Morgan fingerprint density at radius 3 is 2.48 bits per heavy atom. The molecule has 3 rings (SSSR count). The lowest BCUT2D eigenvalue weighted by atomic mass is 10.1. The number of phenols is 1. The molecule has 1 saturated heterocycles. The van der Waals surface area contributed by atoms with Crippen molar-refractivity contribution < 1.29 is 33.8 Å². The maximum atomic E-state index is 13.0. The van der Waals surface area contributed by atoms with E-state index in [9.17, 15) is 24.3 Å². The lowest BCUT2D eigenvalue weighted by molar-refractivity contribution is -0.122. The van der Waals surface area contributed by atoms with Crippen molar-refractivity contribution in [2.75, 3.05) is 18.6 Å². The minimum absolute atomic E-state index is 0.120. The number of imide groups is 2. The Labute approximate surface area is 185 Å². The number of phenolic OH excluding ortho intramolecular Hbond substituents is 1. The highest BCUT2D eigenvalue weighted by Gasteiger charge is 2.37. The topological polar surface area (TPSA) is 122 Å².